The molecule has 2 N–H and O–H groups in total. The van der Waals surface area contributed by atoms with E-state index in [1.54, 1.807) is 6.07 Å². The maximum atomic E-state index is 12.5. The lowest BCUT2D eigenvalue weighted by Crippen LogP contribution is -2.15. The second-order valence-corrected chi connectivity index (χ2v) is 7.61. The summed E-state index contributed by atoms with van der Waals surface area (Å²) in [4.78, 5) is 14.4. The normalized spacial score (nSPS) is 10.7. The molecule has 0 saturated carbocycles. The van der Waals surface area contributed by atoms with Crippen molar-refractivity contribution in [2.24, 2.45) is 0 Å². The number of hydrogen-bond acceptors (Lipinski definition) is 5. The Kier molecular flexibility index (Phi) is 7.12. The van der Waals surface area contributed by atoms with Gasteiger partial charge in [-0.05, 0) is 61.6 Å². The Balaban J connectivity index is 1.67. The highest BCUT2D eigenvalue weighted by molar-refractivity contribution is 7.71. The van der Waals surface area contributed by atoms with E-state index in [4.69, 9.17) is 28.6 Å². The van der Waals surface area contributed by atoms with Crippen LogP contribution in [-0.2, 0) is 11.3 Å². The molecule has 0 fully saturated rings. The first-order chi connectivity index (χ1) is 14.4. The number of ether oxygens (including phenoxy) is 1. The number of hydrogen-bond donors (Lipinski definition) is 2. The van der Waals surface area contributed by atoms with Crippen LogP contribution in [0.25, 0.3) is 11.4 Å². The molecule has 0 aliphatic carbocycles. The predicted molar refractivity (Wildman–Crippen MR) is 123 cm³/mol. The maximum absolute atomic E-state index is 12.5. The van der Waals surface area contributed by atoms with Gasteiger partial charge < -0.3 is 15.0 Å². The van der Waals surface area contributed by atoms with Gasteiger partial charge in [0.2, 0.25) is 5.91 Å². The molecule has 158 valence electrons. The first-order valence-corrected chi connectivity index (χ1v) is 10.3. The molecule has 30 heavy (non-hydrogen) atoms. The average Bonchev–Trinajstić information content (AvgIpc) is 3.07. The van der Waals surface area contributed by atoms with Crippen LogP contribution in [0.3, 0.4) is 0 Å². The number of carbonyl (C=O) groups is 1. The quantitative estimate of drug-likeness (QED) is 0.489. The fourth-order valence-corrected chi connectivity index (χ4v) is 3.57. The van der Waals surface area contributed by atoms with E-state index in [1.165, 1.54) is 0 Å². The van der Waals surface area contributed by atoms with Crippen molar-refractivity contribution in [1.82, 2.24) is 14.8 Å². The number of aromatic amines is 1. The van der Waals surface area contributed by atoms with E-state index in [0.29, 0.717) is 34.5 Å². The number of H-pyrrole nitrogens is 1. The fraction of sp³-hybridized carbons (Fsp3) is 0.286. The van der Waals surface area contributed by atoms with Gasteiger partial charge in [0.15, 0.2) is 10.6 Å². The molecular weight excluding hydrogens is 422 g/mol. The number of halogens is 1. The summed E-state index contributed by atoms with van der Waals surface area (Å²) < 4.78 is 7.75. The molecule has 2 aromatic carbocycles. The van der Waals surface area contributed by atoms with Crippen molar-refractivity contribution in [2.45, 2.75) is 19.9 Å². The standard InChI is InChI=1S/C21H24ClN5O2S/c1-4-29-16-8-5-14(6-9-16)20-24-25-21(30)27(20)12-11-19(28)23-15-7-10-18(26(2)3)17(22)13-15/h5-10,13H,4,11-12H2,1-3H3,(H,23,28)(H,25,30). The highest BCUT2D eigenvalue weighted by Crippen LogP contribution is 2.27. The SMILES string of the molecule is CCOc1ccc(-c2n[nH]c(=S)n2CCC(=O)Nc2ccc(N(C)C)c(Cl)c2)cc1. The van der Waals surface area contributed by atoms with Gasteiger partial charge in [-0.1, -0.05) is 11.6 Å². The van der Waals surface area contributed by atoms with Gasteiger partial charge in [-0.15, -0.1) is 0 Å². The Morgan fingerprint density at radius 1 is 1.27 bits per heavy atom. The topological polar surface area (TPSA) is 75.2 Å². The first-order valence-electron chi connectivity index (χ1n) is 9.54. The maximum Gasteiger partial charge on any atom is 0.226 e. The summed E-state index contributed by atoms with van der Waals surface area (Å²) >= 11 is 11.6. The van der Waals surface area contributed by atoms with Crippen molar-refractivity contribution in [2.75, 3.05) is 30.9 Å². The number of rotatable bonds is 8. The lowest BCUT2D eigenvalue weighted by atomic mass is 10.2. The highest BCUT2D eigenvalue weighted by atomic mass is 35.5. The molecule has 1 amide bonds. The molecule has 0 atom stereocenters. The van der Waals surface area contributed by atoms with Gasteiger partial charge >= 0.3 is 0 Å². The lowest BCUT2D eigenvalue weighted by Gasteiger charge is -2.15. The largest absolute Gasteiger partial charge is 0.494 e. The van der Waals surface area contributed by atoms with Gasteiger partial charge in [0.1, 0.15) is 5.75 Å². The molecular formula is C21H24ClN5O2S. The van der Waals surface area contributed by atoms with E-state index >= 15 is 0 Å². The van der Waals surface area contributed by atoms with Gasteiger partial charge in [-0.3, -0.25) is 14.5 Å². The predicted octanol–water partition coefficient (Wildman–Crippen LogP) is 4.75. The zero-order chi connectivity index (χ0) is 21.7. The molecule has 1 aromatic heterocycles. The molecule has 1 heterocycles. The number of anilines is 2. The zero-order valence-electron chi connectivity index (χ0n) is 17.1. The van der Waals surface area contributed by atoms with Crippen molar-refractivity contribution < 1.29 is 9.53 Å². The Bertz CT molecular complexity index is 1080. The fourth-order valence-electron chi connectivity index (χ4n) is 3.00. The summed E-state index contributed by atoms with van der Waals surface area (Å²) in [5.41, 5.74) is 2.43. The van der Waals surface area contributed by atoms with Gasteiger partial charge in [0.25, 0.3) is 0 Å². The smallest absolute Gasteiger partial charge is 0.226 e. The van der Waals surface area contributed by atoms with Crippen LogP contribution in [0.2, 0.25) is 5.02 Å². The molecule has 3 aromatic rings. The summed E-state index contributed by atoms with van der Waals surface area (Å²) in [6.45, 7) is 2.94. The number of carbonyl (C=O) groups excluding carboxylic acids is 1. The van der Waals surface area contributed by atoms with Crippen molar-refractivity contribution in [3.8, 4) is 17.1 Å². The molecule has 0 saturated heterocycles. The van der Waals surface area contributed by atoms with E-state index in [9.17, 15) is 4.79 Å². The van der Waals surface area contributed by atoms with E-state index in [1.807, 2.05) is 66.9 Å². The molecule has 3 rings (SSSR count). The monoisotopic (exact) mass is 445 g/mol. The van der Waals surface area contributed by atoms with Crippen molar-refractivity contribution in [3.05, 3.63) is 52.3 Å². The van der Waals surface area contributed by atoms with Gasteiger partial charge in [0.05, 0.1) is 17.3 Å². The zero-order valence-corrected chi connectivity index (χ0v) is 18.7. The van der Waals surface area contributed by atoms with Crippen LogP contribution in [0.5, 0.6) is 5.75 Å². The third-order valence-electron chi connectivity index (χ3n) is 4.46. The molecule has 9 heteroatoms. The Hall–Kier alpha value is -2.84. The van der Waals surface area contributed by atoms with Crippen molar-refractivity contribution in [1.29, 1.82) is 0 Å². The minimum absolute atomic E-state index is 0.135. The summed E-state index contributed by atoms with van der Waals surface area (Å²) in [7, 11) is 3.83. The van der Waals surface area contributed by atoms with Gasteiger partial charge in [-0.2, -0.15) is 5.10 Å². The second-order valence-electron chi connectivity index (χ2n) is 6.82. The summed E-state index contributed by atoms with van der Waals surface area (Å²) in [5, 5.41) is 10.6. The molecule has 0 bridgehead atoms. The Morgan fingerprint density at radius 2 is 2.00 bits per heavy atom. The molecule has 0 aliphatic rings. The van der Waals surface area contributed by atoms with Crippen LogP contribution >= 0.6 is 23.8 Å². The van der Waals surface area contributed by atoms with Crippen LogP contribution < -0.4 is 15.0 Å². The van der Waals surface area contributed by atoms with Crippen LogP contribution in [0, 0.1) is 4.77 Å². The third-order valence-corrected chi connectivity index (χ3v) is 5.07. The second kappa shape index (κ2) is 9.77. The molecule has 0 spiro atoms. The molecule has 7 nitrogen and oxygen atoms in total. The Labute approximate surface area is 185 Å². The highest BCUT2D eigenvalue weighted by Gasteiger charge is 2.12. The number of nitrogens with zero attached hydrogens (tertiary/aromatic N) is 3. The van der Waals surface area contributed by atoms with E-state index in [-0.39, 0.29) is 12.3 Å². The summed E-state index contributed by atoms with van der Waals surface area (Å²) in [6.07, 6.45) is 0.241. The first kappa shape index (κ1) is 21.9. The molecule has 0 aliphatic heterocycles. The van der Waals surface area contributed by atoms with Crippen molar-refractivity contribution >= 4 is 41.1 Å². The molecule has 0 radical (unpaired) electrons. The van der Waals surface area contributed by atoms with E-state index in [2.05, 4.69) is 15.5 Å². The number of amides is 1. The number of benzene rings is 2. The number of aromatic nitrogens is 3. The van der Waals surface area contributed by atoms with Gasteiger partial charge in [-0.25, -0.2) is 0 Å². The molecule has 0 unspecified atom stereocenters. The lowest BCUT2D eigenvalue weighted by molar-refractivity contribution is -0.116. The summed E-state index contributed by atoms with van der Waals surface area (Å²) in [6, 6.07) is 13.0. The van der Waals surface area contributed by atoms with Crippen LogP contribution in [0.1, 0.15) is 13.3 Å². The Morgan fingerprint density at radius 3 is 2.63 bits per heavy atom. The van der Waals surface area contributed by atoms with Crippen LogP contribution in [0.4, 0.5) is 11.4 Å². The van der Waals surface area contributed by atoms with Crippen LogP contribution in [0.15, 0.2) is 42.5 Å². The van der Waals surface area contributed by atoms with Crippen LogP contribution in [-0.4, -0.2) is 41.4 Å². The summed E-state index contributed by atoms with van der Waals surface area (Å²) in [5.74, 6) is 1.33. The minimum atomic E-state index is -0.135. The van der Waals surface area contributed by atoms with E-state index in [0.717, 1.165) is 17.0 Å². The average molecular weight is 446 g/mol. The van der Waals surface area contributed by atoms with E-state index < -0.39 is 0 Å². The van der Waals surface area contributed by atoms with Crippen molar-refractivity contribution in [3.63, 3.8) is 0 Å². The minimum Gasteiger partial charge on any atom is -0.494 e. The third kappa shape index (κ3) is 5.20. The number of nitrogens with one attached hydrogen (secondary N) is 2. The van der Waals surface area contributed by atoms with Gasteiger partial charge in [0, 0.05) is 38.3 Å².